The van der Waals surface area contributed by atoms with Crippen LogP contribution in [0.25, 0.3) is 0 Å². The molecule has 0 N–H and O–H groups in total. The minimum Gasteiger partial charge on any atom is -0.497 e. The van der Waals surface area contributed by atoms with Gasteiger partial charge < -0.3 is 4.74 Å². The molecule has 84 valence electrons. The number of hydrogen-bond acceptors (Lipinski definition) is 3. The topological polar surface area (TPSA) is 50.1 Å². The second-order valence-electron chi connectivity index (χ2n) is 3.56. The van der Waals surface area contributed by atoms with Gasteiger partial charge in [0, 0.05) is 17.9 Å². The first-order valence-corrected chi connectivity index (χ1v) is 5.28. The van der Waals surface area contributed by atoms with Crippen LogP contribution >= 0.6 is 0 Å². The van der Waals surface area contributed by atoms with E-state index in [1.165, 1.54) is 0 Å². The van der Waals surface area contributed by atoms with Crippen molar-refractivity contribution in [2.75, 3.05) is 7.11 Å². The minimum absolute atomic E-state index is 0.0166. The van der Waals surface area contributed by atoms with E-state index in [0.717, 1.165) is 0 Å². The molecule has 3 heteroatoms. The Morgan fingerprint density at radius 3 is 2.88 bits per heavy atom. The van der Waals surface area contributed by atoms with Gasteiger partial charge in [-0.25, -0.2) is 0 Å². The molecule has 0 amide bonds. The summed E-state index contributed by atoms with van der Waals surface area (Å²) in [6, 6.07) is 9.09. The molecule has 0 heterocycles. The number of Topliss-reactive ketones (excluding diaryl/α,β-unsaturated/α-hetero) is 1. The van der Waals surface area contributed by atoms with E-state index in [1.807, 2.05) is 13.0 Å². The van der Waals surface area contributed by atoms with Crippen LogP contribution < -0.4 is 4.74 Å². The Morgan fingerprint density at radius 2 is 2.31 bits per heavy atom. The smallest absolute Gasteiger partial charge is 0.167 e. The van der Waals surface area contributed by atoms with E-state index in [4.69, 9.17) is 10.00 Å². The lowest BCUT2D eigenvalue weighted by molar-refractivity contribution is 0.0918. The maximum absolute atomic E-state index is 12.0. The highest BCUT2D eigenvalue weighted by molar-refractivity contribution is 5.98. The maximum atomic E-state index is 12.0. The number of hydrogen-bond donors (Lipinski definition) is 0. The van der Waals surface area contributed by atoms with Crippen LogP contribution in [0.15, 0.2) is 24.3 Å². The lowest BCUT2D eigenvalue weighted by atomic mass is 9.93. The summed E-state index contributed by atoms with van der Waals surface area (Å²) < 4.78 is 5.06. The molecular weight excluding hydrogens is 202 g/mol. The number of benzene rings is 1. The number of ketones is 1. The molecule has 0 spiro atoms. The Balaban J connectivity index is 2.90. The van der Waals surface area contributed by atoms with E-state index in [0.29, 0.717) is 17.7 Å². The van der Waals surface area contributed by atoms with Crippen LogP contribution in [-0.4, -0.2) is 12.9 Å². The average molecular weight is 217 g/mol. The molecule has 0 bridgehead atoms. The van der Waals surface area contributed by atoms with Crippen molar-refractivity contribution in [3.05, 3.63) is 29.8 Å². The fourth-order valence-electron chi connectivity index (χ4n) is 1.54. The molecule has 0 aliphatic heterocycles. The molecule has 0 aliphatic carbocycles. The molecule has 0 aromatic heterocycles. The highest BCUT2D eigenvalue weighted by Gasteiger charge is 2.18. The van der Waals surface area contributed by atoms with E-state index < -0.39 is 0 Å². The summed E-state index contributed by atoms with van der Waals surface area (Å²) in [4.78, 5) is 12.0. The van der Waals surface area contributed by atoms with Crippen LogP contribution in [0.4, 0.5) is 0 Å². The summed E-state index contributed by atoms with van der Waals surface area (Å²) in [5.41, 5.74) is 0.612. The quantitative estimate of drug-likeness (QED) is 0.712. The highest BCUT2D eigenvalue weighted by atomic mass is 16.5. The fourth-order valence-corrected chi connectivity index (χ4v) is 1.54. The third-order valence-electron chi connectivity index (χ3n) is 2.56. The highest BCUT2D eigenvalue weighted by Crippen LogP contribution is 2.19. The Bertz CT molecular complexity index is 407. The number of ether oxygens (including phenoxy) is 1. The van der Waals surface area contributed by atoms with Gasteiger partial charge in [-0.3, -0.25) is 4.79 Å². The molecule has 0 saturated heterocycles. The van der Waals surface area contributed by atoms with Gasteiger partial charge in [0.2, 0.25) is 0 Å². The van der Waals surface area contributed by atoms with Crippen molar-refractivity contribution in [1.29, 1.82) is 5.26 Å². The van der Waals surface area contributed by atoms with Gasteiger partial charge in [-0.05, 0) is 18.6 Å². The molecule has 1 unspecified atom stereocenters. The standard InChI is InChI=1S/C13H15NO2/c1-3-10(7-8-14)13(15)11-5-4-6-12(9-11)16-2/h4-6,9-10H,3,7H2,1-2H3. The van der Waals surface area contributed by atoms with E-state index in [-0.39, 0.29) is 18.1 Å². The average Bonchev–Trinajstić information content (AvgIpc) is 2.35. The molecule has 0 saturated carbocycles. The first kappa shape index (κ1) is 12.3. The zero-order chi connectivity index (χ0) is 12.0. The van der Waals surface area contributed by atoms with E-state index in [9.17, 15) is 4.79 Å². The first-order valence-electron chi connectivity index (χ1n) is 5.28. The van der Waals surface area contributed by atoms with Crippen molar-refractivity contribution < 1.29 is 9.53 Å². The summed E-state index contributed by atoms with van der Waals surface area (Å²) in [7, 11) is 1.57. The van der Waals surface area contributed by atoms with Crippen LogP contribution in [-0.2, 0) is 0 Å². The minimum atomic E-state index is -0.211. The van der Waals surface area contributed by atoms with Crippen LogP contribution in [0.1, 0.15) is 30.1 Å². The second kappa shape index (κ2) is 5.92. The van der Waals surface area contributed by atoms with Crippen molar-refractivity contribution in [3.63, 3.8) is 0 Å². The SMILES string of the molecule is CCC(CC#N)C(=O)c1cccc(OC)c1. The number of rotatable bonds is 5. The summed E-state index contributed by atoms with van der Waals surface area (Å²) in [5.74, 6) is 0.470. The van der Waals surface area contributed by atoms with Crippen molar-refractivity contribution in [3.8, 4) is 11.8 Å². The molecule has 3 nitrogen and oxygen atoms in total. The molecular formula is C13H15NO2. The lowest BCUT2D eigenvalue weighted by Gasteiger charge is -2.10. The first-order chi connectivity index (χ1) is 7.72. The van der Waals surface area contributed by atoms with Crippen LogP contribution in [0, 0.1) is 17.2 Å². The van der Waals surface area contributed by atoms with E-state index >= 15 is 0 Å². The number of carbonyl (C=O) groups is 1. The Morgan fingerprint density at radius 1 is 1.56 bits per heavy atom. The largest absolute Gasteiger partial charge is 0.497 e. The molecule has 1 rings (SSSR count). The normalized spacial score (nSPS) is 11.6. The molecule has 16 heavy (non-hydrogen) atoms. The van der Waals surface area contributed by atoms with Gasteiger partial charge in [-0.2, -0.15) is 5.26 Å². The van der Waals surface area contributed by atoms with Gasteiger partial charge in [-0.1, -0.05) is 19.1 Å². The Hall–Kier alpha value is -1.82. The molecule has 0 radical (unpaired) electrons. The summed E-state index contributed by atoms with van der Waals surface area (Å²) >= 11 is 0. The van der Waals surface area contributed by atoms with Crippen molar-refractivity contribution in [2.45, 2.75) is 19.8 Å². The second-order valence-corrected chi connectivity index (χ2v) is 3.56. The Kier molecular flexibility index (Phi) is 4.53. The molecule has 0 aliphatic rings. The van der Waals surface area contributed by atoms with Crippen molar-refractivity contribution >= 4 is 5.78 Å². The van der Waals surface area contributed by atoms with Gasteiger partial charge in [-0.15, -0.1) is 0 Å². The van der Waals surface area contributed by atoms with Gasteiger partial charge in [0.1, 0.15) is 5.75 Å². The number of nitrogens with zero attached hydrogens (tertiary/aromatic N) is 1. The van der Waals surface area contributed by atoms with Crippen molar-refractivity contribution in [1.82, 2.24) is 0 Å². The van der Waals surface area contributed by atoms with Gasteiger partial charge >= 0.3 is 0 Å². The summed E-state index contributed by atoms with van der Waals surface area (Å²) in [6.45, 7) is 1.92. The third-order valence-corrected chi connectivity index (χ3v) is 2.56. The zero-order valence-corrected chi connectivity index (χ0v) is 9.56. The van der Waals surface area contributed by atoms with E-state index in [1.54, 1.807) is 31.4 Å². The molecule has 1 aromatic carbocycles. The number of nitriles is 1. The summed E-state index contributed by atoms with van der Waals surface area (Å²) in [6.07, 6.45) is 0.955. The van der Waals surface area contributed by atoms with Gasteiger partial charge in [0.25, 0.3) is 0 Å². The Labute approximate surface area is 95.7 Å². The third kappa shape index (κ3) is 2.83. The summed E-state index contributed by atoms with van der Waals surface area (Å²) in [5, 5.41) is 8.64. The van der Waals surface area contributed by atoms with Gasteiger partial charge in [0.15, 0.2) is 5.78 Å². The van der Waals surface area contributed by atoms with Crippen molar-refractivity contribution in [2.24, 2.45) is 5.92 Å². The van der Waals surface area contributed by atoms with Crippen LogP contribution in [0.2, 0.25) is 0 Å². The number of carbonyl (C=O) groups excluding carboxylic acids is 1. The predicted octanol–water partition coefficient (Wildman–Crippen LogP) is 2.82. The molecule has 1 aromatic rings. The zero-order valence-electron chi connectivity index (χ0n) is 9.56. The predicted molar refractivity (Wildman–Crippen MR) is 61.3 cm³/mol. The lowest BCUT2D eigenvalue weighted by Crippen LogP contribution is -2.13. The fraction of sp³-hybridized carbons (Fsp3) is 0.385. The number of methoxy groups -OCH3 is 1. The monoisotopic (exact) mass is 217 g/mol. The molecule has 1 atom stereocenters. The van der Waals surface area contributed by atoms with Gasteiger partial charge in [0.05, 0.1) is 13.2 Å². The van der Waals surface area contributed by atoms with Crippen LogP contribution in [0.3, 0.4) is 0 Å². The van der Waals surface area contributed by atoms with E-state index in [2.05, 4.69) is 0 Å². The van der Waals surface area contributed by atoms with Crippen LogP contribution in [0.5, 0.6) is 5.75 Å². The molecule has 0 fully saturated rings. The maximum Gasteiger partial charge on any atom is 0.167 e.